The first-order valence-corrected chi connectivity index (χ1v) is 10.0. The number of hydrogen-bond acceptors (Lipinski definition) is 5. The SMILES string of the molecule is CCOC(=O)Cc1csc(NC(=O)Nc2c(C(C)C)cccc2C(C)C)n1. The molecule has 1 aromatic carbocycles. The fraction of sp³-hybridized carbons (Fsp3) is 0.450. The number of nitrogens with one attached hydrogen (secondary N) is 2. The molecule has 0 aliphatic rings. The summed E-state index contributed by atoms with van der Waals surface area (Å²) >= 11 is 1.28. The summed E-state index contributed by atoms with van der Waals surface area (Å²) < 4.78 is 4.91. The Labute approximate surface area is 164 Å². The number of thiazole rings is 1. The molecule has 146 valence electrons. The van der Waals surface area contributed by atoms with Gasteiger partial charge in [0.1, 0.15) is 0 Å². The van der Waals surface area contributed by atoms with Gasteiger partial charge in [0.05, 0.1) is 18.7 Å². The average molecular weight is 390 g/mol. The number of para-hydroxylation sites is 1. The van der Waals surface area contributed by atoms with Gasteiger partial charge >= 0.3 is 12.0 Å². The van der Waals surface area contributed by atoms with Crippen molar-refractivity contribution in [2.75, 3.05) is 17.2 Å². The third-order valence-corrected chi connectivity index (χ3v) is 4.82. The highest BCUT2D eigenvalue weighted by atomic mass is 32.1. The molecule has 1 aromatic heterocycles. The Balaban J connectivity index is 2.10. The largest absolute Gasteiger partial charge is 0.466 e. The molecule has 0 aliphatic heterocycles. The Morgan fingerprint density at radius 3 is 2.30 bits per heavy atom. The van der Waals surface area contributed by atoms with Crippen LogP contribution in [0.2, 0.25) is 0 Å². The minimum Gasteiger partial charge on any atom is -0.466 e. The number of hydrogen-bond donors (Lipinski definition) is 2. The van der Waals surface area contributed by atoms with Crippen LogP contribution >= 0.6 is 11.3 Å². The molecule has 2 N–H and O–H groups in total. The van der Waals surface area contributed by atoms with Crippen LogP contribution in [0.15, 0.2) is 23.6 Å². The molecule has 0 unspecified atom stereocenters. The topological polar surface area (TPSA) is 80.3 Å². The van der Waals surface area contributed by atoms with Crippen molar-refractivity contribution >= 4 is 34.2 Å². The summed E-state index contributed by atoms with van der Waals surface area (Å²) in [6.07, 6.45) is 0.0985. The molecule has 2 rings (SSSR count). The highest BCUT2D eigenvalue weighted by molar-refractivity contribution is 7.14. The fourth-order valence-corrected chi connectivity index (χ4v) is 3.45. The van der Waals surface area contributed by atoms with E-state index in [9.17, 15) is 9.59 Å². The molecule has 0 bridgehead atoms. The summed E-state index contributed by atoms with van der Waals surface area (Å²) in [6.45, 7) is 10.5. The number of esters is 1. The summed E-state index contributed by atoms with van der Waals surface area (Å²) in [7, 11) is 0. The molecule has 2 aromatic rings. The summed E-state index contributed by atoms with van der Waals surface area (Å²) in [5.41, 5.74) is 3.62. The lowest BCUT2D eigenvalue weighted by Crippen LogP contribution is -2.21. The first-order valence-electron chi connectivity index (χ1n) is 9.12. The van der Waals surface area contributed by atoms with Crippen molar-refractivity contribution in [3.63, 3.8) is 0 Å². The Kier molecular flexibility index (Phi) is 7.36. The lowest BCUT2D eigenvalue weighted by Gasteiger charge is -2.20. The van der Waals surface area contributed by atoms with Gasteiger partial charge in [0.25, 0.3) is 0 Å². The lowest BCUT2D eigenvalue weighted by molar-refractivity contribution is -0.142. The second kappa shape index (κ2) is 9.50. The fourth-order valence-electron chi connectivity index (χ4n) is 2.74. The molecule has 27 heavy (non-hydrogen) atoms. The molecule has 6 nitrogen and oxygen atoms in total. The first kappa shape index (κ1) is 20.9. The van der Waals surface area contributed by atoms with Crippen LogP contribution in [0.3, 0.4) is 0 Å². The quantitative estimate of drug-likeness (QED) is 0.643. The molecule has 0 saturated carbocycles. The summed E-state index contributed by atoms with van der Waals surface area (Å²) in [5.74, 6) is 0.247. The van der Waals surface area contributed by atoms with Gasteiger partial charge in [0, 0.05) is 11.1 Å². The zero-order valence-corrected chi connectivity index (χ0v) is 17.3. The third-order valence-electron chi connectivity index (χ3n) is 4.01. The summed E-state index contributed by atoms with van der Waals surface area (Å²) in [4.78, 5) is 28.3. The molecule has 1 heterocycles. The van der Waals surface area contributed by atoms with E-state index in [1.165, 1.54) is 11.3 Å². The molecular formula is C20H27N3O3S. The van der Waals surface area contributed by atoms with Crippen LogP contribution in [0.1, 0.15) is 63.3 Å². The Bertz CT molecular complexity index is 773. The van der Waals surface area contributed by atoms with E-state index in [2.05, 4.69) is 43.3 Å². The van der Waals surface area contributed by atoms with Crippen LogP contribution in [-0.2, 0) is 16.0 Å². The second-order valence-corrected chi connectivity index (χ2v) is 7.68. The van der Waals surface area contributed by atoms with Crippen molar-refractivity contribution in [2.45, 2.75) is 52.9 Å². The van der Waals surface area contributed by atoms with E-state index in [0.29, 0.717) is 17.4 Å². The number of rotatable bonds is 7. The monoisotopic (exact) mass is 389 g/mol. The predicted molar refractivity (Wildman–Crippen MR) is 110 cm³/mol. The maximum Gasteiger partial charge on any atom is 0.325 e. The Morgan fingerprint density at radius 2 is 1.74 bits per heavy atom. The van der Waals surface area contributed by atoms with E-state index in [0.717, 1.165) is 16.8 Å². The van der Waals surface area contributed by atoms with E-state index >= 15 is 0 Å². The number of amides is 2. The summed E-state index contributed by atoms with van der Waals surface area (Å²) in [5, 5.41) is 7.93. The van der Waals surface area contributed by atoms with E-state index in [1.54, 1.807) is 12.3 Å². The zero-order valence-electron chi connectivity index (χ0n) is 16.5. The molecular weight excluding hydrogens is 362 g/mol. The smallest absolute Gasteiger partial charge is 0.325 e. The number of aromatic nitrogens is 1. The van der Waals surface area contributed by atoms with Gasteiger partial charge in [-0.05, 0) is 29.9 Å². The van der Waals surface area contributed by atoms with Gasteiger partial charge in [0.15, 0.2) is 5.13 Å². The first-order chi connectivity index (χ1) is 12.8. The number of urea groups is 1. The molecule has 0 radical (unpaired) electrons. The van der Waals surface area contributed by atoms with E-state index in [4.69, 9.17) is 4.74 Å². The van der Waals surface area contributed by atoms with Crippen LogP contribution in [0.25, 0.3) is 0 Å². The molecule has 2 amide bonds. The molecule has 0 atom stereocenters. The van der Waals surface area contributed by atoms with Crippen molar-refractivity contribution in [3.05, 3.63) is 40.4 Å². The van der Waals surface area contributed by atoms with Crippen molar-refractivity contribution in [2.24, 2.45) is 0 Å². The number of ether oxygens (including phenoxy) is 1. The van der Waals surface area contributed by atoms with Crippen LogP contribution in [-0.4, -0.2) is 23.6 Å². The molecule has 0 fully saturated rings. The standard InChI is InChI=1S/C20H27N3O3S/c1-6-26-17(24)10-14-11-27-20(21-14)23-19(25)22-18-15(12(2)3)8-7-9-16(18)13(4)5/h7-9,11-13H,6,10H2,1-5H3,(H2,21,22,23,25). The minimum absolute atomic E-state index is 0.0985. The number of carbonyl (C=O) groups excluding carboxylic acids is 2. The zero-order chi connectivity index (χ0) is 20.0. The van der Waals surface area contributed by atoms with Crippen molar-refractivity contribution in [1.29, 1.82) is 0 Å². The van der Waals surface area contributed by atoms with Crippen LogP contribution in [0, 0.1) is 0 Å². The number of nitrogens with zero attached hydrogens (tertiary/aromatic N) is 1. The van der Waals surface area contributed by atoms with Crippen molar-refractivity contribution in [1.82, 2.24) is 4.98 Å². The van der Waals surface area contributed by atoms with Gasteiger partial charge in [-0.1, -0.05) is 45.9 Å². The Morgan fingerprint density at radius 1 is 1.11 bits per heavy atom. The predicted octanol–water partition coefficient (Wildman–Crippen LogP) is 5.14. The van der Waals surface area contributed by atoms with Gasteiger partial charge in [-0.3, -0.25) is 10.1 Å². The molecule has 0 spiro atoms. The molecule has 7 heteroatoms. The van der Waals surface area contributed by atoms with E-state index < -0.39 is 0 Å². The number of carbonyl (C=O) groups is 2. The van der Waals surface area contributed by atoms with Crippen molar-refractivity contribution < 1.29 is 14.3 Å². The lowest BCUT2D eigenvalue weighted by atomic mass is 9.93. The normalized spacial score (nSPS) is 10.9. The van der Waals surface area contributed by atoms with E-state index in [-0.39, 0.29) is 30.3 Å². The van der Waals surface area contributed by atoms with Crippen LogP contribution in [0.5, 0.6) is 0 Å². The maximum atomic E-state index is 12.5. The van der Waals surface area contributed by atoms with Gasteiger partial charge in [-0.2, -0.15) is 0 Å². The average Bonchev–Trinajstić information content (AvgIpc) is 3.01. The van der Waals surface area contributed by atoms with Gasteiger partial charge in [-0.15, -0.1) is 11.3 Å². The highest BCUT2D eigenvalue weighted by Crippen LogP contribution is 2.32. The molecule has 0 saturated heterocycles. The van der Waals surface area contributed by atoms with E-state index in [1.807, 2.05) is 18.2 Å². The molecule has 0 aliphatic carbocycles. The van der Waals surface area contributed by atoms with Crippen LogP contribution in [0.4, 0.5) is 15.6 Å². The summed E-state index contributed by atoms with van der Waals surface area (Å²) in [6, 6.07) is 5.75. The second-order valence-electron chi connectivity index (χ2n) is 6.83. The number of anilines is 2. The van der Waals surface area contributed by atoms with Crippen LogP contribution < -0.4 is 10.6 Å². The maximum absolute atomic E-state index is 12.5. The van der Waals surface area contributed by atoms with Crippen molar-refractivity contribution in [3.8, 4) is 0 Å². The number of benzene rings is 1. The minimum atomic E-state index is -0.345. The highest BCUT2D eigenvalue weighted by Gasteiger charge is 2.17. The van der Waals surface area contributed by atoms with Gasteiger partial charge < -0.3 is 10.1 Å². The van der Waals surface area contributed by atoms with Gasteiger partial charge in [0.2, 0.25) is 0 Å². The van der Waals surface area contributed by atoms with Gasteiger partial charge in [-0.25, -0.2) is 9.78 Å². The third kappa shape index (κ3) is 5.79. The Hall–Kier alpha value is -2.41.